The van der Waals surface area contributed by atoms with Gasteiger partial charge in [-0.05, 0) is 20.8 Å². The second-order valence-corrected chi connectivity index (χ2v) is 3.47. The van der Waals surface area contributed by atoms with Crippen LogP contribution in [0.3, 0.4) is 0 Å². The highest BCUT2D eigenvalue weighted by atomic mass is 16.6. The third kappa shape index (κ3) is 8.93. The third-order valence-corrected chi connectivity index (χ3v) is 1.35. The van der Waals surface area contributed by atoms with Crippen molar-refractivity contribution in [2.24, 2.45) is 0 Å². The second kappa shape index (κ2) is 6.98. The van der Waals surface area contributed by atoms with E-state index < -0.39 is 5.97 Å². The molecule has 0 bridgehead atoms. The van der Waals surface area contributed by atoms with Crippen LogP contribution in [-0.4, -0.2) is 30.4 Å². The lowest BCUT2D eigenvalue weighted by atomic mass is 10.3. The maximum atomic E-state index is 11.0. The summed E-state index contributed by atoms with van der Waals surface area (Å²) in [7, 11) is 0. The maximum absolute atomic E-state index is 11.0. The minimum absolute atomic E-state index is 0.0116. The van der Waals surface area contributed by atoms with Gasteiger partial charge in [0, 0.05) is 5.71 Å². The highest BCUT2D eigenvalue weighted by Gasteiger charge is 2.08. The summed E-state index contributed by atoms with van der Waals surface area (Å²) in [5, 5.41) is 7.04. The number of esters is 2. The topological polar surface area (TPSA) is 76.5 Å². The van der Waals surface area contributed by atoms with E-state index in [9.17, 15) is 9.59 Å². The van der Waals surface area contributed by atoms with Crippen LogP contribution in [0.5, 0.6) is 0 Å². The number of carbonyl (C=O) groups excluding carboxylic acids is 2. The summed E-state index contributed by atoms with van der Waals surface area (Å²) in [5.41, 5.74) is 0.241. The van der Waals surface area contributed by atoms with Crippen LogP contribution in [0.1, 0.15) is 33.6 Å². The van der Waals surface area contributed by atoms with E-state index in [0.29, 0.717) is 0 Å². The zero-order valence-electron chi connectivity index (χ0n) is 9.33. The van der Waals surface area contributed by atoms with Crippen LogP contribution in [0.25, 0.3) is 0 Å². The number of carbonyl (C=O) groups is 2. The smallest absolute Gasteiger partial charge is 0.311 e. The van der Waals surface area contributed by atoms with E-state index in [1.54, 1.807) is 13.8 Å². The molecule has 1 N–H and O–H groups in total. The minimum atomic E-state index is -0.486. The van der Waals surface area contributed by atoms with Gasteiger partial charge in [0.15, 0.2) is 0 Å². The van der Waals surface area contributed by atoms with Crippen molar-refractivity contribution in [3.8, 4) is 0 Å². The van der Waals surface area contributed by atoms with Gasteiger partial charge in [0.2, 0.25) is 0 Å². The van der Waals surface area contributed by atoms with Crippen molar-refractivity contribution in [3.63, 3.8) is 0 Å². The summed E-state index contributed by atoms with van der Waals surface area (Å²) in [6, 6.07) is 0. The van der Waals surface area contributed by atoms with Crippen LogP contribution < -0.4 is 0 Å². The molecule has 0 saturated heterocycles. The van der Waals surface area contributed by atoms with Crippen molar-refractivity contribution in [1.82, 2.24) is 0 Å². The Balaban J connectivity index is 3.57. The largest absolute Gasteiger partial charge is 0.465 e. The lowest BCUT2D eigenvalue weighted by molar-refractivity contribution is -0.151. The van der Waals surface area contributed by atoms with E-state index in [-0.39, 0.29) is 37.2 Å². The molecule has 0 aromatic carbocycles. The Morgan fingerprint density at radius 2 is 1.87 bits per heavy atom. The minimum Gasteiger partial charge on any atom is -0.465 e. The first kappa shape index (κ1) is 13.6. The van der Waals surface area contributed by atoms with E-state index in [1.807, 2.05) is 0 Å². The lowest BCUT2D eigenvalue weighted by Crippen LogP contribution is -2.16. The summed E-state index contributed by atoms with van der Waals surface area (Å²) in [6.45, 7) is 5.04. The Bertz CT molecular complexity index is 248. The Labute approximate surface area is 89.3 Å². The van der Waals surface area contributed by atoms with Gasteiger partial charge >= 0.3 is 11.9 Å². The van der Waals surface area contributed by atoms with E-state index in [4.69, 9.17) is 14.9 Å². The molecule has 0 unspecified atom stereocenters. The van der Waals surface area contributed by atoms with Crippen LogP contribution >= 0.6 is 0 Å². The first-order valence-corrected chi connectivity index (χ1v) is 4.81. The van der Waals surface area contributed by atoms with Gasteiger partial charge in [0.1, 0.15) is 6.61 Å². The Hall–Kier alpha value is -1.39. The van der Waals surface area contributed by atoms with E-state index in [0.717, 1.165) is 0 Å². The first-order chi connectivity index (χ1) is 6.91. The predicted octanol–water partition coefficient (Wildman–Crippen LogP) is 1.30. The SMILES string of the molecule is CC(=N)CC(=O)OCCC(=O)OC(C)C. The fraction of sp³-hybridized carbons (Fsp3) is 0.700. The molecule has 0 aromatic rings. The average molecular weight is 215 g/mol. The van der Waals surface area contributed by atoms with Crippen molar-refractivity contribution >= 4 is 17.7 Å². The first-order valence-electron chi connectivity index (χ1n) is 4.81. The fourth-order valence-corrected chi connectivity index (χ4v) is 0.838. The van der Waals surface area contributed by atoms with E-state index >= 15 is 0 Å². The van der Waals surface area contributed by atoms with Crippen LogP contribution in [0.2, 0.25) is 0 Å². The average Bonchev–Trinajstić information content (AvgIpc) is 2.00. The summed E-state index contributed by atoms with van der Waals surface area (Å²) in [5.74, 6) is -0.871. The molecule has 15 heavy (non-hydrogen) atoms. The molecule has 0 rings (SSSR count). The highest BCUT2D eigenvalue weighted by molar-refractivity contribution is 5.95. The third-order valence-electron chi connectivity index (χ3n) is 1.35. The molecule has 0 amide bonds. The van der Waals surface area contributed by atoms with Crippen LogP contribution in [0.15, 0.2) is 0 Å². The molecule has 0 aliphatic carbocycles. The van der Waals surface area contributed by atoms with Gasteiger partial charge in [-0.25, -0.2) is 0 Å². The predicted molar refractivity (Wildman–Crippen MR) is 54.8 cm³/mol. The van der Waals surface area contributed by atoms with Gasteiger partial charge in [-0.2, -0.15) is 0 Å². The van der Waals surface area contributed by atoms with Crippen molar-refractivity contribution in [2.75, 3.05) is 6.61 Å². The van der Waals surface area contributed by atoms with Gasteiger partial charge in [0.05, 0.1) is 18.9 Å². The highest BCUT2D eigenvalue weighted by Crippen LogP contribution is 1.95. The summed E-state index contributed by atoms with van der Waals surface area (Å²) >= 11 is 0. The van der Waals surface area contributed by atoms with Gasteiger partial charge in [0.25, 0.3) is 0 Å². The Kier molecular flexibility index (Phi) is 6.33. The summed E-state index contributed by atoms with van der Waals surface area (Å²) < 4.78 is 9.57. The van der Waals surface area contributed by atoms with Crippen LogP contribution in [0, 0.1) is 5.41 Å². The van der Waals surface area contributed by atoms with Crippen molar-refractivity contribution in [1.29, 1.82) is 5.41 Å². The van der Waals surface area contributed by atoms with Crippen LogP contribution in [-0.2, 0) is 19.1 Å². The molecule has 0 aromatic heterocycles. The monoisotopic (exact) mass is 215 g/mol. The molecule has 0 radical (unpaired) electrons. The van der Waals surface area contributed by atoms with Gasteiger partial charge < -0.3 is 14.9 Å². The summed E-state index contributed by atoms with van der Waals surface area (Å²) in [6.07, 6.45) is -0.128. The van der Waals surface area contributed by atoms with Gasteiger partial charge in [-0.3, -0.25) is 9.59 Å². The molecule has 5 heteroatoms. The molecule has 0 spiro atoms. The molecule has 0 fully saturated rings. The number of rotatable bonds is 6. The molecular formula is C10H17NO4. The summed E-state index contributed by atoms with van der Waals surface area (Å²) in [4.78, 5) is 21.9. The van der Waals surface area contributed by atoms with E-state index in [1.165, 1.54) is 6.92 Å². The second-order valence-electron chi connectivity index (χ2n) is 3.47. The molecule has 0 saturated carbocycles. The van der Waals surface area contributed by atoms with Crippen molar-refractivity contribution in [3.05, 3.63) is 0 Å². The van der Waals surface area contributed by atoms with Gasteiger partial charge in [-0.1, -0.05) is 0 Å². The number of hydrogen-bond donors (Lipinski definition) is 1. The zero-order valence-corrected chi connectivity index (χ0v) is 9.33. The maximum Gasteiger partial charge on any atom is 0.311 e. The van der Waals surface area contributed by atoms with Crippen molar-refractivity contribution in [2.45, 2.75) is 39.7 Å². The van der Waals surface area contributed by atoms with E-state index in [2.05, 4.69) is 0 Å². The van der Waals surface area contributed by atoms with Gasteiger partial charge in [-0.15, -0.1) is 0 Å². The quantitative estimate of drug-likeness (QED) is 0.535. The zero-order chi connectivity index (χ0) is 11.8. The molecule has 0 aliphatic heterocycles. The number of nitrogens with one attached hydrogen (secondary N) is 1. The fourth-order valence-electron chi connectivity index (χ4n) is 0.838. The Morgan fingerprint density at radius 3 is 2.33 bits per heavy atom. The Morgan fingerprint density at radius 1 is 1.27 bits per heavy atom. The molecule has 5 nitrogen and oxygen atoms in total. The standard InChI is InChI=1S/C10H17NO4/c1-7(2)15-9(12)4-5-14-10(13)6-8(3)11/h7,11H,4-6H2,1-3H3. The lowest BCUT2D eigenvalue weighted by Gasteiger charge is -2.07. The number of hydrogen-bond acceptors (Lipinski definition) is 5. The van der Waals surface area contributed by atoms with Crippen LogP contribution in [0.4, 0.5) is 0 Å². The molecule has 86 valence electrons. The molecule has 0 aliphatic rings. The van der Waals surface area contributed by atoms with Crippen molar-refractivity contribution < 1.29 is 19.1 Å². The molecule has 0 atom stereocenters. The molecular weight excluding hydrogens is 198 g/mol. The normalized spacial score (nSPS) is 9.87. The molecule has 0 heterocycles. The number of ether oxygens (including phenoxy) is 2.